The van der Waals surface area contributed by atoms with Crippen LogP contribution in [0.25, 0.3) is 0 Å². The Hall–Kier alpha value is -2.67. The molecule has 114 valence electrons. The van der Waals surface area contributed by atoms with E-state index in [1.165, 1.54) is 19.1 Å². The van der Waals surface area contributed by atoms with Crippen LogP contribution in [-0.4, -0.2) is 25.0 Å². The molecule has 22 heavy (non-hydrogen) atoms. The van der Waals surface area contributed by atoms with Crippen molar-refractivity contribution in [2.45, 2.75) is 11.8 Å². The molecular formula is C15H15N3O3S. The number of oxime groups is 1. The van der Waals surface area contributed by atoms with Crippen LogP contribution in [0.5, 0.6) is 0 Å². The summed E-state index contributed by atoms with van der Waals surface area (Å²) in [5.74, 6) is 0. The van der Waals surface area contributed by atoms with Crippen molar-refractivity contribution in [1.82, 2.24) is 4.83 Å². The summed E-state index contributed by atoms with van der Waals surface area (Å²) in [5.41, 5.74) is 1.07. The van der Waals surface area contributed by atoms with Gasteiger partial charge in [0.15, 0.2) is 0 Å². The first-order valence-corrected chi connectivity index (χ1v) is 7.92. The van der Waals surface area contributed by atoms with Gasteiger partial charge in [0.1, 0.15) is 11.4 Å². The highest BCUT2D eigenvalue weighted by molar-refractivity contribution is 7.89. The highest BCUT2D eigenvalue weighted by atomic mass is 32.2. The summed E-state index contributed by atoms with van der Waals surface area (Å²) in [6, 6.07) is 16.8. The summed E-state index contributed by atoms with van der Waals surface area (Å²) in [7, 11) is -3.78. The molecular weight excluding hydrogens is 302 g/mol. The number of benzene rings is 2. The lowest BCUT2D eigenvalue weighted by Gasteiger charge is -2.07. The Kier molecular flexibility index (Phi) is 4.90. The molecule has 0 aliphatic carbocycles. The standard InChI is InChI=1S/C15H15N3O3S/c1-12(17-19)15(13-8-4-2-5-9-13)16-18-22(20,21)14-10-6-3-7-11-14/h2-11,18-19H,1H3/b16-15+,17-12+. The first kappa shape index (κ1) is 15.7. The Bertz CT molecular complexity index is 785. The van der Waals surface area contributed by atoms with Gasteiger partial charge in [-0.1, -0.05) is 53.7 Å². The van der Waals surface area contributed by atoms with Crippen molar-refractivity contribution in [1.29, 1.82) is 0 Å². The van der Waals surface area contributed by atoms with Crippen LogP contribution in [0.3, 0.4) is 0 Å². The summed E-state index contributed by atoms with van der Waals surface area (Å²) in [6.45, 7) is 1.53. The van der Waals surface area contributed by atoms with E-state index in [4.69, 9.17) is 5.21 Å². The van der Waals surface area contributed by atoms with Crippen LogP contribution in [0.2, 0.25) is 0 Å². The van der Waals surface area contributed by atoms with E-state index in [9.17, 15) is 8.42 Å². The van der Waals surface area contributed by atoms with Crippen molar-refractivity contribution >= 4 is 21.4 Å². The van der Waals surface area contributed by atoms with Gasteiger partial charge in [0.25, 0.3) is 10.0 Å². The van der Waals surface area contributed by atoms with E-state index in [-0.39, 0.29) is 16.3 Å². The van der Waals surface area contributed by atoms with Gasteiger partial charge in [0.05, 0.1) is 4.90 Å². The van der Waals surface area contributed by atoms with Gasteiger partial charge in [-0.3, -0.25) is 0 Å². The topological polar surface area (TPSA) is 91.1 Å². The Morgan fingerprint density at radius 2 is 1.55 bits per heavy atom. The largest absolute Gasteiger partial charge is 0.411 e. The summed E-state index contributed by atoms with van der Waals surface area (Å²) in [6.07, 6.45) is 0. The molecule has 0 aromatic heterocycles. The number of rotatable bonds is 5. The predicted molar refractivity (Wildman–Crippen MR) is 84.6 cm³/mol. The normalized spacial score (nSPS) is 13.0. The van der Waals surface area contributed by atoms with Gasteiger partial charge < -0.3 is 5.21 Å². The molecule has 0 unspecified atom stereocenters. The summed E-state index contributed by atoms with van der Waals surface area (Å²) in [4.78, 5) is 2.26. The predicted octanol–water partition coefficient (Wildman–Crippen LogP) is 2.22. The molecule has 7 heteroatoms. The van der Waals surface area contributed by atoms with Crippen molar-refractivity contribution < 1.29 is 13.6 Å². The number of hydrogen-bond donors (Lipinski definition) is 2. The number of nitrogens with one attached hydrogen (secondary N) is 1. The molecule has 0 saturated heterocycles. The molecule has 0 amide bonds. The Labute approximate surface area is 128 Å². The van der Waals surface area contributed by atoms with E-state index in [0.717, 1.165) is 0 Å². The lowest BCUT2D eigenvalue weighted by molar-refractivity contribution is 0.320. The second kappa shape index (κ2) is 6.86. The van der Waals surface area contributed by atoms with Crippen LogP contribution in [0, 0.1) is 0 Å². The minimum atomic E-state index is -3.78. The first-order valence-electron chi connectivity index (χ1n) is 6.43. The van der Waals surface area contributed by atoms with Crippen molar-refractivity contribution in [2.24, 2.45) is 10.3 Å². The van der Waals surface area contributed by atoms with E-state index in [2.05, 4.69) is 15.1 Å². The van der Waals surface area contributed by atoms with E-state index in [1.54, 1.807) is 42.5 Å². The average Bonchev–Trinajstić information content (AvgIpc) is 2.56. The smallest absolute Gasteiger partial charge is 0.276 e. The number of sulfonamides is 1. The zero-order valence-corrected chi connectivity index (χ0v) is 12.7. The maximum absolute atomic E-state index is 12.2. The summed E-state index contributed by atoms with van der Waals surface area (Å²) >= 11 is 0. The van der Waals surface area contributed by atoms with Crippen LogP contribution >= 0.6 is 0 Å². The molecule has 0 spiro atoms. The molecule has 2 aromatic rings. The van der Waals surface area contributed by atoms with Gasteiger partial charge in [-0.25, -0.2) is 0 Å². The second-order valence-corrected chi connectivity index (χ2v) is 6.08. The number of hydrogen-bond acceptors (Lipinski definition) is 5. The van der Waals surface area contributed by atoms with Gasteiger partial charge in [0.2, 0.25) is 0 Å². The van der Waals surface area contributed by atoms with Crippen molar-refractivity contribution in [3.8, 4) is 0 Å². The monoisotopic (exact) mass is 317 g/mol. The maximum Gasteiger partial charge on any atom is 0.276 e. The summed E-state index contributed by atoms with van der Waals surface area (Å²) < 4.78 is 24.3. The highest BCUT2D eigenvalue weighted by Gasteiger charge is 2.14. The molecule has 0 aliphatic heterocycles. The minimum Gasteiger partial charge on any atom is -0.411 e. The van der Waals surface area contributed by atoms with Gasteiger partial charge in [-0.05, 0) is 19.1 Å². The number of hydrazone groups is 1. The lowest BCUT2D eigenvalue weighted by Crippen LogP contribution is -2.23. The van der Waals surface area contributed by atoms with Crippen LogP contribution < -0.4 is 4.83 Å². The molecule has 0 aliphatic rings. The third-order valence-corrected chi connectivity index (χ3v) is 4.10. The molecule has 6 nitrogen and oxygen atoms in total. The molecule has 2 N–H and O–H groups in total. The number of nitrogens with zero attached hydrogens (tertiary/aromatic N) is 2. The fraction of sp³-hybridized carbons (Fsp3) is 0.0667. The third-order valence-electron chi connectivity index (χ3n) is 2.87. The Morgan fingerprint density at radius 3 is 2.09 bits per heavy atom. The Balaban J connectivity index is 2.36. The zero-order valence-electron chi connectivity index (χ0n) is 11.8. The molecule has 0 atom stereocenters. The van der Waals surface area contributed by atoms with Crippen molar-refractivity contribution in [2.75, 3.05) is 0 Å². The van der Waals surface area contributed by atoms with Gasteiger partial charge in [-0.15, -0.1) is 0 Å². The van der Waals surface area contributed by atoms with E-state index in [1.807, 2.05) is 6.07 Å². The lowest BCUT2D eigenvalue weighted by atomic mass is 10.1. The van der Waals surface area contributed by atoms with E-state index >= 15 is 0 Å². The highest BCUT2D eigenvalue weighted by Crippen LogP contribution is 2.08. The molecule has 0 fully saturated rings. The minimum absolute atomic E-state index is 0.102. The van der Waals surface area contributed by atoms with Gasteiger partial charge >= 0.3 is 0 Å². The second-order valence-electron chi connectivity index (χ2n) is 4.42. The SMILES string of the molecule is CC(=N\O)/C(=N\NS(=O)(=O)c1ccccc1)c1ccccc1. The first-order chi connectivity index (χ1) is 10.5. The average molecular weight is 317 g/mol. The van der Waals surface area contributed by atoms with Crippen LogP contribution in [-0.2, 0) is 10.0 Å². The van der Waals surface area contributed by atoms with Crippen molar-refractivity contribution in [3.63, 3.8) is 0 Å². The molecule has 0 saturated carbocycles. The van der Waals surface area contributed by atoms with Crippen LogP contribution in [0.1, 0.15) is 12.5 Å². The fourth-order valence-electron chi connectivity index (χ4n) is 1.76. The fourth-order valence-corrected chi connectivity index (χ4v) is 2.59. The van der Waals surface area contributed by atoms with Crippen LogP contribution in [0.4, 0.5) is 0 Å². The van der Waals surface area contributed by atoms with Gasteiger partial charge in [-0.2, -0.15) is 18.4 Å². The molecule has 2 rings (SSSR count). The quantitative estimate of drug-likeness (QED) is 0.503. The zero-order chi connectivity index (χ0) is 16.0. The maximum atomic E-state index is 12.2. The molecule has 0 bridgehead atoms. The summed E-state index contributed by atoms with van der Waals surface area (Å²) in [5, 5.41) is 15.9. The van der Waals surface area contributed by atoms with Crippen LogP contribution in [0.15, 0.2) is 75.8 Å². The molecule has 0 radical (unpaired) electrons. The molecule has 0 heterocycles. The molecule has 2 aromatic carbocycles. The van der Waals surface area contributed by atoms with Gasteiger partial charge in [0, 0.05) is 5.56 Å². The Morgan fingerprint density at radius 1 is 1.00 bits per heavy atom. The third kappa shape index (κ3) is 3.70. The van der Waals surface area contributed by atoms with Crippen molar-refractivity contribution in [3.05, 3.63) is 66.2 Å². The van der Waals surface area contributed by atoms with E-state index in [0.29, 0.717) is 5.56 Å². The van der Waals surface area contributed by atoms with E-state index < -0.39 is 10.0 Å².